The van der Waals surface area contributed by atoms with Gasteiger partial charge in [0.2, 0.25) is 5.91 Å². The summed E-state index contributed by atoms with van der Waals surface area (Å²) in [5.41, 5.74) is 2.07. The Balaban J connectivity index is 1.92. The van der Waals surface area contributed by atoms with Gasteiger partial charge in [-0.3, -0.25) is 9.59 Å². The van der Waals surface area contributed by atoms with Crippen LogP contribution in [0.2, 0.25) is 0 Å². The summed E-state index contributed by atoms with van der Waals surface area (Å²) < 4.78 is 0. The number of benzene rings is 1. The van der Waals surface area contributed by atoms with E-state index in [0.717, 1.165) is 36.8 Å². The fourth-order valence-corrected chi connectivity index (χ4v) is 3.11. The van der Waals surface area contributed by atoms with Crippen molar-refractivity contribution in [2.75, 3.05) is 0 Å². The molecule has 1 atom stereocenters. The lowest BCUT2D eigenvalue weighted by Crippen LogP contribution is -2.38. The van der Waals surface area contributed by atoms with E-state index in [1.54, 1.807) is 0 Å². The van der Waals surface area contributed by atoms with E-state index in [1.807, 2.05) is 31.2 Å². The Morgan fingerprint density at radius 3 is 2.55 bits per heavy atom. The second kappa shape index (κ2) is 7.97. The fraction of sp³-hybridized carbons (Fsp3) is 0.556. The van der Waals surface area contributed by atoms with Gasteiger partial charge in [-0.1, -0.05) is 43.5 Å². The quantitative estimate of drug-likeness (QED) is 0.848. The van der Waals surface area contributed by atoms with Gasteiger partial charge in [0.05, 0.1) is 5.92 Å². The van der Waals surface area contributed by atoms with Gasteiger partial charge in [0.1, 0.15) is 0 Å². The first-order valence-electron chi connectivity index (χ1n) is 8.13. The van der Waals surface area contributed by atoms with Gasteiger partial charge < -0.3 is 10.4 Å². The lowest BCUT2D eigenvalue weighted by molar-refractivity contribution is -0.144. The van der Waals surface area contributed by atoms with Crippen molar-refractivity contribution in [2.45, 2.75) is 57.9 Å². The molecule has 4 heteroatoms. The molecule has 1 aromatic rings. The minimum atomic E-state index is -0.901. The molecular weight excluding hydrogens is 278 g/mol. The summed E-state index contributed by atoms with van der Waals surface area (Å²) in [6.07, 6.45) is 6.02. The standard InChI is InChI=1S/C18H25NO3/c1-13-7-5-6-8-14(13)11-15(18(21)22)12-17(20)19-16-9-3-2-4-10-16/h5-8,15-16H,2-4,9-12H2,1H3,(H,19,20)(H,21,22). The van der Waals surface area contributed by atoms with Crippen molar-refractivity contribution in [1.82, 2.24) is 5.32 Å². The highest BCUT2D eigenvalue weighted by Crippen LogP contribution is 2.19. The van der Waals surface area contributed by atoms with E-state index in [9.17, 15) is 14.7 Å². The summed E-state index contributed by atoms with van der Waals surface area (Å²) >= 11 is 0. The van der Waals surface area contributed by atoms with Gasteiger partial charge >= 0.3 is 5.97 Å². The Morgan fingerprint density at radius 2 is 1.91 bits per heavy atom. The molecule has 1 amide bonds. The van der Waals surface area contributed by atoms with Crippen molar-refractivity contribution in [1.29, 1.82) is 0 Å². The van der Waals surface area contributed by atoms with Crippen LogP contribution in [0.15, 0.2) is 24.3 Å². The van der Waals surface area contributed by atoms with E-state index in [0.29, 0.717) is 6.42 Å². The molecule has 0 saturated heterocycles. The van der Waals surface area contributed by atoms with E-state index in [-0.39, 0.29) is 18.4 Å². The summed E-state index contributed by atoms with van der Waals surface area (Å²) in [5.74, 6) is -1.69. The van der Waals surface area contributed by atoms with Crippen LogP contribution >= 0.6 is 0 Å². The van der Waals surface area contributed by atoms with Crippen LogP contribution in [0.1, 0.15) is 49.7 Å². The van der Waals surface area contributed by atoms with Crippen LogP contribution in [0.4, 0.5) is 0 Å². The number of carbonyl (C=O) groups excluding carboxylic acids is 1. The number of hydrogen-bond donors (Lipinski definition) is 2. The maximum Gasteiger partial charge on any atom is 0.307 e. The molecule has 1 unspecified atom stereocenters. The normalized spacial score (nSPS) is 17.0. The van der Waals surface area contributed by atoms with Crippen molar-refractivity contribution < 1.29 is 14.7 Å². The maximum absolute atomic E-state index is 12.1. The second-order valence-corrected chi connectivity index (χ2v) is 6.27. The Hall–Kier alpha value is -1.84. The van der Waals surface area contributed by atoms with Crippen LogP contribution in [-0.2, 0) is 16.0 Å². The highest BCUT2D eigenvalue weighted by atomic mass is 16.4. The molecule has 120 valence electrons. The molecule has 4 nitrogen and oxygen atoms in total. The molecule has 0 spiro atoms. The van der Waals surface area contributed by atoms with Crippen molar-refractivity contribution in [3.63, 3.8) is 0 Å². The molecular formula is C18H25NO3. The number of hydrogen-bond acceptors (Lipinski definition) is 2. The van der Waals surface area contributed by atoms with Crippen LogP contribution in [0.3, 0.4) is 0 Å². The Morgan fingerprint density at radius 1 is 1.23 bits per heavy atom. The average Bonchev–Trinajstić information content (AvgIpc) is 2.49. The minimum absolute atomic E-state index is 0.0557. The number of carboxylic acids is 1. The van der Waals surface area contributed by atoms with Crippen molar-refractivity contribution in [3.8, 4) is 0 Å². The molecule has 1 aliphatic rings. The number of amides is 1. The Labute approximate surface area is 131 Å². The number of carbonyl (C=O) groups is 2. The Bertz CT molecular complexity index is 521. The summed E-state index contributed by atoms with van der Waals surface area (Å²) in [6.45, 7) is 1.97. The van der Waals surface area contributed by atoms with Gasteiger partial charge in [0.25, 0.3) is 0 Å². The smallest absolute Gasteiger partial charge is 0.307 e. The number of carboxylic acid groups (broad SMARTS) is 1. The predicted molar refractivity (Wildman–Crippen MR) is 85.6 cm³/mol. The van der Waals surface area contributed by atoms with E-state index in [2.05, 4.69) is 5.32 Å². The zero-order valence-electron chi connectivity index (χ0n) is 13.2. The molecule has 1 aliphatic carbocycles. The molecule has 0 aromatic heterocycles. The van der Waals surface area contributed by atoms with Gasteiger partial charge in [-0.2, -0.15) is 0 Å². The topological polar surface area (TPSA) is 66.4 Å². The second-order valence-electron chi connectivity index (χ2n) is 6.27. The van der Waals surface area contributed by atoms with Gasteiger partial charge in [-0.05, 0) is 37.3 Å². The van der Waals surface area contributed by atoms with Crippen LogP contribution < -0.4 is 5.32 Å². The third kappa shape index (κ3) is 4.86. The average molecular weight is 303 g/mol. The molecule has 0 bridgehead atoms. The van der Waals surface area contributed by atoms with E-state index >= 15 is 0 Å². The van der Waals surface area contributed by atoms with Crippen LogP contribution in [0.5, 0.6) is 0 Å². The zero-order chi connectivity index (χ0) is 15.9. The SMILES string of the molecule is Cc1ccccc1CC(CC(=O)NC1CCCCC1)C(=O)O. The lowest BCUT2D eigenvalue weighted by Gasteiger charge is -2.23. The first-order chi connectivity index (χ1) is 10.6. The number of rotatable bonds is 6. The number of aryl methyl sites for hydroxylation is 1. The molecule has 2 N–H and O–H groups in total. The van der Waals surface area contributed by atoms with Gasteiger partial charge in [-0.15, -0.1) is 0 Å². The zero-order valence-corrected chi connectivity index (χ0v) is 13.2. The fourth-order valence-electron chi connectivity index (χ4n) is 3.11. The third-order valence-electron chi connectivity index (χ3n) is 4.48. The lowest BCUT2D eigenvalue weighted by atomic mass is 9.92. The monoisotopic (exact) mass is 303 g/mol. The molecule has 2 rings (SSSR count). The van der Waals surface area contributed by atoms with E-state index in [4.69, 9.17) is 0 Å². The number of nitrogens with one attached hydrogen (secondary N) is 1. The molecule has 1 aromatic carbocycles. The molecule has 0 aliphatic heterocycles. The van der Waals surface area contributed by atoms with Crippen molar-refractivity contribution in [2.24, 2.45) is 5.92 Å². The number of aliphatic carboxylic acids is 1. The summed E-state index contributed by atoms with van der Waals surface area (Å²) in [4.78, 5) is 23.6. The first kappa shape index (κ1) is 16.5. The third-order valence-corrected chi connectivity index (χ3v) is 4.48. The van der Waals surface area contributed by atoms with Crippen LogP contribution in [0.25, 0.3) is 0 Å². The van der Waals surface area contributed by atoms with E-state index in [1.165, 1.54) is 6.42 Å². The van der Waals surface area contributed by atoms with Crippen LogP contribution in [-0.4, -0.2) is 23.0 Å². The molecule has 1 saturated carbocycles. The summed E-state index contributed by atoms with van der Waals surface area (Å²) in [7, 11) is 0. The van der Waals surface area contributed by atoms with Crippen LogP contribution in [0, 0.1) is 12.8 Å². The van der Waals surface area contributed by atoms with Gasteiger partial charge in [0.15, 0.2) is 0 Å². The van der Waals surface area contributed by atoms with E-state index < -0.39 is 11.9 Å². The first-order valence-corrected chi connectivity index (χ1v) is 8.13. The maximum atomic E-state index is 12.1. The largest absolute Gasteiger partial charge is 0.481 e. The molecule has 0 heterocycles. The minimum Gasteiger partial charge on any atom is -0.481 e. The summed E-state index contributed by atoms with van der Waals surface area (Å²) in [5, 5.41) is 12.4. The van der Waals surface area contributed by atoms with Crippen molar-refractivity contribution in [3.05, 3.63) is 35.4 Å². The van der Waals surface area contributed by atoms with Crippen molar-refractivity contribution >= 4 is 11.9 Å². The predicted octanol–water partition coefficient (Wildman–Crippen LogP) is 3.08. The Kier molecular flexibility index (Phi) is 5.99. The van der Waals surface area contributed by atoms with Gasteiger partial charge in [-0.25, -0.2) is 0 Å². The highest BCUT2D eigenvalue weighted by molar-refractivity contribution is 5.82. The molecule has 0 radical (unpaired) electrons. The summed E-state index contributed by atoms with van der Waals surface area (Å²) in [6, 6.07) is 7.98. The molecule has 1 fully saturated rings. The highest BCUT2D eigenvalue weighted by Gasteiger charge is 2.24. The van der Waals surface area contributed by atoms with Gasteiger partial charge in [0, 0.05) is 12.5 Å². The molecule has 22 heavy (non-hydrogen) atoms.